The van der Waals surface area contributed by atoms with Crippen molar-refractivity contribution in [3.05, 3.63) is 60.1 Å². The van der Waals surface area contributed by atoms with Gasteiger partial charge in [-0.2, -0.15) is 0 Å². The molecule has 1 amide bonds. The molecule has 0 saturated carbocycles. The molecular weight excluding hydrogens is 340 g/mol. The summed E-state index contributed by atoms with van der Waals surface area (Å²) in [5.41, 5.74) is 5.46. The second-order valence-electron chi connectivity index (χ2n) is 7.70. The van der Waals surface area contributed by atoms with Gasteiger partial charge in [-0.25, -0.2) is 4.98 Å². The summed E-state index contributed by atoms with van der Waals surface area (Å²) in [6.45, 7) is 1.53. The van der Waals surface area contributed by atoms with Gasteiger partial charge in [0.2, 0.25) is 5.82 Å². The van der Waals surface area contributed by atoms with Crippen LogP contribution in [-0.2, 0) is 18.9 Å². The molecule has 138 valence electrons. The van der Waals surface area contributed by atoms with Crippen LogP contribution < -0.4 is 0 Å². The highest BCUT2D eigenvalue weighted by Crippen LogP contribution is 2.47. The molecule has 0 bridgehead atoms. The number of amides is 1. The van der Waals surface area contributed by atoms with Crippen LogP contribution in [0, 0.1) is 0 Å². The Balaban J connectivity index is 1.34. The Morgan fingerprint density at radius 1 is 1.15 bits per heavy atom. The van der Waals surface area contributed by atoms with E-state index in [2.05, 4.69) is 28.3 Å². The Morgan fingerprint density at radius 3 is 2.70 bits per heavy atom. The minimum atomic E-state index is -0.0565. The van der Waals surface area contributed by atoms with Crippen molar-refractivity contribution < 1.29 is 9.21 Å². The summed E-state index contributed by atoms with van der Waals surface area (Å²) in [7, 11) is 1.78. The largest absolute Gasteiger partial charge is 0.472 e. The number of carbonyl (C=O) groups is 1. The van der Waals surface area contributed by atoms with Crippen LogP contribution in [0.4, 0.5) is 0 Å². The summed E-state index contributed by atoms with van der Waals surface area (Å²) in [6.07, 6.45) is 9.37. The average Bonchev–Trinajstić information content (AvgIpc) is 3.43. The van der Waals surface area contributed by atoms with Crippen molar-refractivity contribution in [3.63, 3.8) is 0 Å². The quantitative estimate of drug-likeness (QED) is 0.702. The summed E-state index contributed by atoms with van der Waals surface area (Å²) in [5, 5.41) is 4.15. The molecule has 0 N–H and O–H groups in total. The lowest BCUT2D eigenvalue weighted by atomic mass is 9.73. The summed E-state index contributed by atoms with van der Waals surface area (Å²) < 4.78 is 6.79. The number of fused-ring (bicyclic) bond motifs is 2. The van der Waals surface area contributed by atoms with E-state index in [0.717, 1.165) is 37.9 Å². The molecule has 1 aliphatic carbocycles. The Kier molecular flexibility index (Phi) is 3.67. The van der Waals surface area contributed by atoms with Crippen LogP contribution in [0.3, 0.4) is 0 Å². The molecule has 2 aromatic heterocycles. The zero-order chi connectivity index (χ0) is 18.4. The van der Waals surface area contributed by atoms with E-state index in [1.807, 2.05) is 11.0 Å². The molecule has 5 rings (SSSR count). The monoisotopic (exact) mass is 362 g/mol. The van der Waals surface area contributed by atoms with Crippen LogP contribution in [-0.4, -0.2) is 38.7 Å². The van der Waals surface area contributed by atoms with Crippen LogP contribution in [0.5, 0.6) is 0 Å². The fourth-order valence-electron chi connectivity index (χ4n) is 4.67. The van der Waals surface area contributed by atoms with Crippen LogP contribution in [0.1, 0.15) is 41.0 Å². The summed E-state index contributed by atoms with van der Waals surface area (Å²) in [6, 6.07) is 8.81. The first-order valence-corrected chi connectivity index (χ1v) is 9.46. The van der Waals surface area contributed by atoms with Gasteiger partial charge in [0.15, 0.2) is 0 Å². The topological polar surface area (TPSA) is 64.2 Å². The van der Waals surface area contributed by atoms with Crippen LogP contribution in [0.2, 0.25) is 0 Å². The number of piperidine rings is 1. The van der Waals surface area contributed by atoms with Gasteiger partial charge in [0, 0.05) is 25.7 Å². The first-order valence-electron chi connectivity index (χ1n) is 9.46. The normalized spacial score (nSPS) is 18.0. The third-order valence-electron chi connectivity index (χ3n) is 6.20. The van der Waals surface area contributed by atoms with Gasteiger partial charge in [0.25, 0.3) is 5.91 Å². The summed E-state index contributed by atoms with van der Waals surface area (Å²) in [4.78, 5) is 18.6. The van der Waals surface area contributed by atoms with Crippen molar-refractivity contribution in [3.8, 4) is 11.1 Å². The molecule has 3 heterocycles. The van der Waals surface area contributed by atoms with E-state index in [1.165, 1.54) is 23.1 Å². The van der Waals surface area contributed by atoms with E-state index in [1.54, 1.807) is 30.6 Å². The highest BCUT2D eigenvalue weighted by Gasteiger charge is 2.42. The Labute approximate surface area is 157 Å². The van der Waals surface area contributed by atoms with E-state index in [9.17, 15) is 4.79 Å². The third-order valence-corrected chi connectivity index (χ3v) is 6.20. The first kappa shape index (κ1) is 16.3. The van der Waals surface area contributed by atoms with Gasteiger partial charge >= 0.3 is 0 Å². The standard InChI is InChI=1S/C21H22N4O2/c1-24-14-22-19(23-24)20(26)25-9-7-21(8-10-25)6-4-16-12-15(2-3-18(16)21)17-5-11-27-13-17/h2-3,5,11-14H,4,6-10H2,1H3. The molecule has 1 saturated heterocycles. The minimum Gasteiger partial charge on any atom is -0.472 e. The number of carbonyl (C=O) groups excluding carboxylic acids is 1. The Morgan fingerprint density at radius 2 is 2.00 bits per heavy atom. The lowest BCUT2D eigenvalue weighted by molar-refractivity contribution is 0.0653. The van der Waals surface area contributed by atoms with Gasteiger partial charge in [-0.15, -0.1) is 5.10 Å². The molecule has 0 atom stereocenters. The maximum absolute atomic E-state index is 12.6. The minimum absolute atomic E-state index is 0.0565. The van der Waals surface area contributed by atoms with E-state index >= 15 is 0 Å². The van der Waals surface area contributed by atoms with Gasteiger partial charge in [-0.05, 0) is 53.9 Å². The Bertz CT molecular complexity index is 982. The van der Waals surface area contributed by atoms with Crippen molar-refractivity contribution in [1.29, 1.82) is 0 Å². The molecule has 1 aliphatic heterocycles. The van der Waals surface area contributed by atoms with Crippen LogP contribution in [0.15, 0.2) is 47.5 Å². The van der Waals surface area contributed by atoms with E-state index in [0.29, 0.717) is 5.82 Å². The average molecular weight is 362 g/mol. The molecule has 2 aliphatic rings. The second kappa shape index (κ2) is 6.08. The fourth-order valence-corrected chi connectivity index (χ4v) is 4.67. The fraction of sp³-hybridized carbons (Fsp3) is 0.381. The van der Waals surface area contributed by atoms with Crippen molar-refractivity contribution >= 4 is 5.91 Å². The highest BCUT2D eigenvalue weighted by atomic mass is 16.3. The maximum Gasteiger partial charge on any atom is 0.293 e. The third kappa shape index (κ3) is 2.67. The van der Waals surface area contributed by atoms with Crippen LogP contribution in [0.25, 0.3) is 11.1 Å². The van der Waals surface area contributed by atoms with Crippen molar-refractivity contribution in [1.82, 2.24) is 19.7 Å². The number of rotatable bonds is 2. The molecule has 6 heteroatoms. The zero-order valence-electron chi connectivity index (χ0n) is 15.4. The second-order valence-corrected chi connectivity index (χ2v) is 7.70. The predicted octanol–water partition coefficient (Wildman–Crippen LogP) is 3.20. The SMILES string of the molecule is Cn1cnc(C(=O)N2CCC3(CCc4cc(-c5ccoc5)ccc43)CC2)n1. The summed E-state index contributed by atoms with van der Waals surface area (Å²) in [5.74, 6) is 0.240. The molecule has 0 radical (unpaired) electrons. The number of benzene rings is 1. The number of nitrogens with zero attached hydrogens (tertiary/aromatic N) is 4. The number of aromatic nitrogens is 3. The zero-order valence-corrected chi connectivity index (χ0v) is 15.4. The molecule has 27 heavy (non-hydrogen) atoms. The van der Waals surface area contributed by atoms with Gasteiger partial charge in [-0.1, -0.05) is 18.2 Å². The van der Waals surface area contributed by atoms with E-state index < -0.39 is 0 Å². The lowest BCUT2D eigenvalue weighted by Gasteiger charge is -2.39. The van der Waals surface area contributed by atoms with Crippen molar-refractivity contribution in [2.75, 3.05) is 13.1 Å². The molecule has 3 aromatic rings. The van der Waals surface area contributed by atoms with Crippen LogP contribution >= 0.6 is 0 Å². The number of aryl methyl sites for hydroxylation is 2. The van der Waals surface area contributed by atoms with Gasteiger partial charge in [-0.3, -0.25) is 9.48 Å². The lowest BCUT2D eigenvalue weighted by Crippen LogP contribution is -2.44. The van der Waals surface area contributed by atoms with Gasteiger partial charge in [0.05, 0.1) is 12.5 Å². The summed E-state index contributed by atoms with van der Waals surface area (Å²) >= 11 is 0. The maximum atomic E-state index is 12.6. The predicted molar refractivity (Wildman–Crippen MR) is 100 cm³/mol. The first-order chi connectivity index (χ1) is 13.1. The Hall–Kier alpha value is -2.89. The van der Waals surface area contributed by atoms with Crippen molar-refractivity contribution in [2.24, 2.45) is 7.05 Å². The molecule has 0 unspecified atom stereocenters. The van der Waals surface area contributed by atoms with E-state index in [-0.39, 0.29) is 11.3 Å². The molecule has 1 aromatic carbocycles. The van der Waals surface area contributed by atoms with Crippen molar-refractivity contribution in [2.45, 2.75) is 31.1 Å². The number of hydrogen-bond acceptors (Lipinski definition) is 4. The van der Waals surface area contributed by atoms with Gasteiger partial charge < -0.3 is 9.32 Å². The number of furan rings is 1. The number of likely N-dealkylation sites (tertiary alicyclic amines) is 1. The smallest absolute Gasteiger partial charge is 0.293 e. The number of hydrogen-bond donors (Lipinski definition) is 0. The molecule has 1 spiro atoms. The molecular formula is C21H22N4O2. The molecule has 1 fully saturated rings. The highest BCUT2D eigenvalue weighted by molar-refractivity contribution is 5.90. The van der Waals surface area contributed by atoms with Gasteiger partial charge in [0.1, 0.15) is 6.33 Å². The van der Waals surface area contributed by atoms with E-state index in [4.69, 9.17) is 4.42 Å². The molecule has 6 nitrogen and oxygen atoms in total.